The van der Waals surface area contributed by atoms with E-state index in [-0.39, 0.29) is 43.7 Å². The monoisotopic (exact) mass is 638 g/mol. The largest absolute Gasteiger partial charge is 2.00 e. The second kappa shape index (κ2) is 9.09. The maximum atomic E-state index is 14.1. The molecule has 0 aliphatic rings. The van der Waals surface area contributed by atoms with E-state index >= 15 is 0 Å². The van der Waals surface area contributed by atoms with E-state index in [1.165, 1.54) is 12.1 Å². The molecule has 0 aromatic carbocycles. The Labute approximate surface area is 199 Å². The molecule has 0 bridgehead atoms. The second-order valence-corrected chi connectivity index (χ2v) is 7.44. The molecule has 5 nitrogen and oxygen atoms in total. The Bertz CT molecular complexity index is 1290. The zero-order chi connectivity index (χ0) is 23.1. The van der Waals surface area contributed by atoms with Crippen LogP contribution in [0.5, 0.6) is 0 Å². The number of rotatable bonds is 4. The van der Waals surface area contributed by atoms with Crippen molar-refractivity contribution >= 4 is 0 Å². The minimum atomic E-state index is -4.60. The van der Waals surface area contributed by atoms with E-state index in [0.29, 0.717) is 11.4 Å². The Hall–Kier alpha value is -3.00. The first-order chi connectivity index (χ1) is 15.1. The van der Waals surface area contributed by atoms with Crippen molar-refractivity contribution in [3.8, 4) is 22.6 Å². The third-order valence-electron chi connectivity index (χ3n) is 4.87. The molecule has 0 aliphatic carbocycles. The quantitative estimate of drug-likeness (QED) is 0.179. The molecule has 0 aliphatic heterocycles. The minimum absolute atomic E-state index is 0. The number of alkyl halides is 3. The second-order valence-electron chi connectivity index (χ2n) is 7.44. The van der Waals surface area contributed by atoms with Crippen LogP contribution in [0.15, 0.2) is 48.5 Å². The Morgan fingerprint density at radius 1 is 0.848 bits per heavy atom. The average molecular weight is 638 g/mol. The summed E-state index contributed by atoms with van der Waals surface area (Å²) in [6.07, 6.45) is -4.60. The molecule has 4 aromatic rings. The van der Waals surface area contributed by atoms with Crippen LogP contribution < -0.4 is 5.10 Å². The zero-order valence-corrected chi connectivity index (χ0v) is 19.3. The molecule has 0 atom stereocenters. The summed E-state index contributed by atoms with van der Waals surface area (Å²) in [5, 5.41) is 6.76. The molecule has 33 heavy (non-hydrogen) atoms. The fourth-order valence-corrected chi connectivity index (χ4v) is 3.09. The third kappa shape index (κ3) is 5.00. The van der Waals surface area contributed by atoms with Crippen LogP contribution in [0.3, 0.4) is 0 Å². The molecular formula is C22H14F5N5Pt. The van der Waals surface area contributed by atoms with Crippen molar-refractivity contribution in [2.45, 2.75) is 25.4 Å². The molecule has 0 N–H and O–H groups in total. The first-order valence-corrected chi connectivity index (χ1v) is 9.33. The Balaban J connectivity index is 0.00000306. The van der Waals surface area contributed by atoms with Gasteiger partial charge in [-0.3, -0.25) is 9.97 Å². The number of nitrogens with zero attached hydrogens (tertiary/aromatic N) is 5. The van der Waals surface area contributed by atoms with Crippen molar-refractivity contribution in [1.82, 2.24) is 25.1 Å². The van der Waals surface area contributed by atoms with Gasteiger partial charge in [-0.05, 0) is 43.8 Å². The van der Waals surface area contributed by atoms with Crippen LogP contribution in [0.25, 0.3) is 22.6 Å². The molecule has 0 saturated heterocycles. The van der Waals surface area contributed by atoms with Crippen molar-refractivity contribution in [3.63, 3.8) is 0 Å². The summed E-state index contributed by atoms with van der Waals surface area (Å²) in [6.45, 7) is 3.62. The van der Waals surface area contributed by atoms with Gasteiger partial charge in [0.15, 0.2) is 0 Å². The summed E-state index contributed by atoms with van der Waals surface area (Å²) in [4.78, 5) is 12.1. The van der Waals surface area contributed by atoms with Crippen molar-refractivity contribution in [1.29, 1.82) is 0 Å². The normalized spacial score (nSPS) is 11.8. The van der Waals surface area contributed by atoms with Gasteiger partial charge < -0.3 is 15.2 Å². The smallest absolute Gasteiger partial charge is 0.573 e. The summed E-state index contributed by atoms with van der Waals surface area (Å²) in [7, 11) is 0. The molecule has 0 amide bonds. The van der Waals surface area contributed by atoms with Gasteiger partial charge in [-0.25, -0.2) is 8.78 Å². The van der Waals surface area contributed by atoms with Gasteiger partial charge in [0.1, 0.15) is 17.6 Å². The molecule has 0 spiro atoms. The Morgan fingerprint density at radius 3 is 2.03 bits per heavy atom. The van der Waals surface area contributed by atoms with Gasteiger partial charge in [0.25, 0.3) is 0 Å². The van der Waals surface area contributed by atoms with Crippen LogP contribution >= 0.6 is 0 Å². The minimum Gasteiger partial charge on any atom is -0.573 e. The fraction of sp³-hybridized carbons (Fsp3) is 0.182. The fourth-order valence-electron chi connectivity index (χ4n) is 3.09. The van der Waals surface area contributed by atoms with Crippen molar-refractivity contribution < 1.29 is 43.0 Å². The molecule has 0 radical (unpaired) electrons. The zero-order valence-electron chi connectivity index (χ0n) is 17.1. The van der Waals surface area contributed by atoms with Crippen LogP contribution in [0.2, 0.25) is 0 Å². The van der Waals surface area contributed by atoms with Gasteiger partial charge in [0, 0.05) is 16.8 Å². The Kier molecular flexibility index (Phi) is 6.79. The predicted molar refractivity (Wildman–Crippen MR) is 104 cm³/mol. The van der Waals surface area contributed by atoms with E-state index in [4.69, 9.17) is 0 Å². The number of pyridine rings is 3. The molecule has 172 valence electrons. The van der Waals surface area contributed by atoms with Gasteiger partial charge >= 0.3 is 27.2 Å². The van der Waals surface area contributed by atoms with E-state index in [1.54, 1.807) is 24.3 Å². The van der Waals surface area contributed by atoms with Gasteiger partial charge in [0.2, 0.25) is 0 Å². The van der Waals surface area contributed by atoms with Crippen LogP contribution in [-0.2, 0) is 32.7 Å². The summed E-state index contributed by atoms with van der Waals surface area (Å²) in [5.74, 6) is -2.03. The first kappa shape index (κ1) is 24.6. The maximum Gasteiger partial charge on any atom is 2.00 e. The summed E-state index contributed by atoms with van der Waals surface area (Å²) in [5.41, 5.74) is -0.588. The SMILES string of the molecule is CC(C)(c1cccc(-c2cc(C(F)(F)F)n[n-]2)n1)c1cccc(-c2[c-]cc(F)nc2F)n1.[Pt+2]. The van der Waals surface area contributed by atoms with Crippen molar-refractivity contribution in [2.75, 3.05) is 0 Å². The maximum absolute atomic E-state index is 14.1. The molecule has 4 rings (SSSR count). The summed E-state index contributed by atoms with van der Waals surface area (Å²) >= 11 is 0. The number of hydrogen-bond acceptors (Lipinski definition) is 4. The molecule has 4 aromatic heterocycles. The summed E-state index contributed by atoms with van der Waals surface area (Å²) in [6, 6.07) is 14.0. The molecule has 0 unspecified atom stereocenters. The van der Waals surface area contributed by atoms with Gasteiger partial charge in [-0.15, -0.1) is 6.07 Å². The number of halogens is 5. The van der Waals surface area contributed by atoms with Crippen LogP contribution in [0.1, 0.15) is 30.9 Å². The molecule has 0 fully saturated rings. The van der Waals surface area contributed by atoms with E-state index in [1.807, 2.05) is 13.8 Å². The standard InChI is InChI=1S/C22H14F5N5.Pt/c1-21(2,16-7-3-5-13(28-16)12-9-10-19(23)30-20(12)24)17-8-4-6-14(29-17)15-11-18(32-31-15)22(25,26)27;/h3-8,10-11H,1-2H3;/q-2;+2. The number of hydrogen-bond donors (Lipinski definition) is 0. The van der Waals surface area contributed by atoms with E-state index in [0.717, 1.165) is 12.1 Å². The Morgan fingerprint density at radius 2 is 1.45 bits per heavy atom. The van der Waals surface area contributed by atoms with E-state index in [2.05, 4.69) is 31.2 Å². The first-order valence-electron chi connectivity index (χ1n) is 9.33. The third-order valence-corrected chi connectivity index (χ3v) is 4.87. The van der Waals surface area contributed by atoms with Gasteiger partial charge in [0.05, 0.1) is 5.69 Å². The van der Waals surface area contributed by atoms with Gasteiger partial charge in [-0.1, -0.05) is 35.5 Å². The molecular weight excluding hydrogens is 624 g/mol. The van der Waals surface area contributed by atoms with Crippen LogP contribution in [0.4, 0.5) is 22.0 Å². The predicted octanol–water partition coefficient (Wildman–Crippen LogP) is 4.98. The molecule has 0 saturated carbocycles. The summed E-state index contributed by atoms with van der Waals surface area (Å²) < 4.78 is 65.7. The van der Waals surface area contributed by atoms with E-state index in [9.17, 15) is 22.0 Å². The molecule has 11 heteroatoms. The van der Waals surface area contributed by atoms with Gasteiger partial charge in [-0.2, -0.15) is 13.2 Å². The van der Waals surface area contributed by atoms with Crippen molar-refractivity contribution in [2.24, 2.45) is 0 Å². The molecule has 4 heterocycles. The topological polar surface area (TPSA) is 65.7 Å². The van der Waals surface area contributed by atoms with Crippen LogP contribution in [-0.4, -0.2) is 20.1 Å². The number of aromatic nitrogens is 5. The van der Waals surface area contributed by atoms with Crippen LogP contribution in [0, 0.1) is 18.0 Å². The van der Waals surface area contributed by atoms with Crippen molar-refractivity contribution in [3.05, 3.63) is 83.6 Å². The van der Waals surface area contributed by atoms with E-state index < -0.39 is 29.2 Å². The average Bonchev–Trinajstić information content (AvgIpc) is 3.25.